The predicted octanol–water partition coefficient (Wildman–Crippen LogP) is 2.41. The van der Waals surface area contributed by atoms with Crippen LogP contribution in [0, 0.1) is 11.3 Å². The number of nitrogens with one attached hydrogen (secondary N) is 1. The molecule has 1 aromatic rings. The van der Waals surface area contributed by atoms with Crippen LogP contribution < -0.4 is 10.1 Å². The standard InChI is InChI=1S/C16H25N3O/c1-3-19(4-2)12-5-11-18-14-15-6-8-16(9-7-15)20-13-10-17/h6-9,18H,3-5,11-14H2,1-2H3. The van der Waals surface area contributed by atoms with E-state index in [1.165, 1.54) is 12.0 Å². The van der Waals surface area contributed by atoms with Crippen LogP contribution in [0.25, 0.3) is 0 Å². The third kappa shape index (κ3) is 6.55. The van der Waals surface area contributed by atoms with Gasteiger partial charge in [0.25, 0.3) is 0 Å². The number of rotatable bonds is 10. The first-order chi connectivity index (χ1) is 9.80. The zero-order chi connectivity index (χ0) is 14.6. The van der Waals surface area contributed by atoms with Crippen LogP contribution in [-0.2, 0) is 6.54 Å². The van der Waals surface area contributed by atoms with E-state index in [0.717, 1.165) is 38.5 Å². The second kappa shape index (κ2) is 10.2. The van der Waals surface area contributed by atoms with Crippen LogP contribution in [0.1, 0.15) is 25.8 Å². The molecule has 0 saturated carbocycles. The Morgan fingerprint density at radius 3 is 2.50 bits per heavy atom. The maximum Gasteiger partial charge on any atom is 0.174 e. The Balaban J connectivity index is 2.17. The van der Waals surface area contributed by atoms with Gasteiger partial charge in [-0.3, -0.25) is 0 Å². The molecule has 0 aromatic heterocycles. The molecule has 4 nitrogen and oxygen atoms in total. The predicted molar refractivity (Wildman–Crippen MR) is 81.7 cm³/mol. The molecule has 1 rings (SSSR count). The van der Waals surface area contributed by atoms with E-state index in [1.54, 1.807) is 0 Å². The fourth-order valence-corrected chi connectivity index (χ4v) is 2.02. The number of hydrogen-bond donors (Lipinski definition) is 1. The van der Waals surface area contributed by atoms with E-state index in [4.69, 9.17) is 10.00 Å². The van der Waals surface area contributed by atoms with Gasteiger partial charge in [0.05, 0.1) is 0 Å². The molecule has 0 amide bonds. The van der Waals surface area contributed by atoms with Gasteiger partial charge in [-0.2, -0.15) is 5.26 Å². The Morgan fingerprint density at radius 1 is 1.20 bits per heavy atom. The zero-order valence-electron chi connectivity index (χ0n) is 12.6. The normalized spacial score (nSPS) is 10.5. The van der Waals surface area contributed by atoms with Gasteiger partial charge in [-0.15, -0.1) is 0 Å². The van der Waals surface area contributed by atoms with Crippen LogP contribution in [0.5, 0.6) is 5.75 Å². The molecule has 110 valence electrons. The van der Waals surface area contributed by atoms with E-state index in [1.807, 2.05) is 30.3 Å². The smallest absolute Gasteiger partial charge is 0.174 e. The van der Waals surface area contributed by atoms with Crippen LogP contribution in [0.4, 0.5) is 0 Å². The quantitative estimate of drug-likeness (QED) is 0.666. The third-order valence-electron chi connectivity index (χ3n) is 3.28. The van der Waals surface area contributed by atoms with Gasteiger partial charge in [0.15, 0.2) is 6.61 Å². The molecular weight excluding hydrogens is 250 g/mol. The van der Waals surface area contributed by atoms with Gasteiger partial charge in [-0.25, -0.2) is 0 Å². The lowest BCUT2D eigenvalue weighted by molar-refractivity contribution is 0.298. The first-order valence-corrected chi connectivity index (χ1v) is 7.31. The molecule has 4 heteroatoms. The average molecular weight is 275 g/mol. The maximum absolute atomic E-state index is 8.44. The van der Waals surface area contributed by atoms with Gasteiger partial charge < -0.3 is 15.0 Å². The van der Waals surface area contributed by atoms with Crippen molar-refractivity contribution in [2.75, 3.05) is 32.8 Å². The summed E-state index contributed by atoms with van der Waals surface area (Å²) in [5, 5.41) is 11.9. The van der Waals surface area contributed by atoms with E-state index in [-0.39, 0.29) is 6.61 Å². The highest BCUT2D eigenvalue weighted by molar-refractivity contribution is 5.27. The molecule has 20 heavy (non-hydrogen) atoms. The monoisotopic (exact) mass is 275 g/mol. The molecule has 0 heterocycles. The van der Waals surface area contributed by atoms with Crippen LogP contribution in [-0.4, -0.2) is 37.7 Å². The van der Waals surface area contributed by atoms with E-state index < -0.39 is 0 Å². The first-order valence-electron chi connectivity index (χ1n) is 7.31. The van der Waals surface area contributed by atoms with Crippen LogP contribution in [0.15, 0.2) is 24.3 Å². The van der Waals surface area contributed by atoms with Gasteiger partial charge in [-0.1, -0.05) is 26.0 Å². The summed E-state index contributed by atoms with van der Waals surface area (Å²) < 4.78 is 5.22. The third-order valence-corrected chi connectivity index (χ3v) is 3.28. The summed E-state index contributed by atoms with van der Waals surface area (Å²) in [4.78, 5) is 2.43. The van der Waals surface area contributed by atoms with Gasteiger partial charge in [0.2, 0.25) is 0 Å². The molecule has 0 aliphatic rings. The number of ether oxygens (including phenoxy) is 1. The Hall–Kier alpha value is -1.57. The summed E-state index contributed by atoms with van der Waals surface area (Å²) in [7, 11) is 0. The largest absolute Gasteiger partial charge is 0.479 e. The lowest BCUT2D eigenvalue weighted by Gasteiger charge is -2.17. The Labute approximate surface area is 122 Å². The van der Waals surface area contributed by atoms with Crippen LogP contribution >= 0.6 is 0 Å². The molecule has 1 N–H and O–H groups in total. The minimum absolute atomic E-state index is 0.100. The van der Waals surface area contributed by atoms with Crippen molar-refractivity contribution < 1.29 is 4.74 Å². The topological polar surface area (TPSA) is 48.3 Å². The fraction of sp³-hybridized carbons (Fsp3) is 0.562. The highest BCUT2D eigenvalue weighted by Crippen LogP contribution is 2.11. The Kier molecular flexibility index (Phi) is 8.44. The summed E-state index contributed by atoms with van der Waals surface area (Å²) >= 11 is 0. The SMILES string of the molecule is CCN(CC)CCCNCc1ccc(OCC#N)cc1. The summed E-state index contributed by atoms with van der Waals surface area (Å²) in [6.07, 6.45) is 1.17. The molecule has 0 aliphatic carbocycles. The molecule has 1 aromatic carbocycles. The van der Waals surface area contributed by atoms with Crippen molar-refractivity contribution in [2.45, 2.75) is 26.8 Å². The molecular formula is C16H25N3O. The average Bonchev–Trinajstić information content (AvgIpc) is 2.50. The van der Waals surface area contributed by atoms with Crippen LogP contribution in [0.3, 0.4) is 0 Å². The molecule has 0 radical (unpaired) electrons. The summed E-state index contributed by atoms with van der Waals surface area (Å²) in [5.74, 6) is 0.747. The number of nitriles is 1. The number of benzene rings is 1. The van der Waals surface area contributed by atoms with Crippen molar-refractivity contribution in [3.63, 3.8) is 0 Å². The zero-order valence-corrected chi connectivity index (χ0v) is 12.6. The van der Waals surface area contributed by atoms with Crippen molar-refractivity contribution in [3.8, 4) is 11.8 Å². The van der Waals surface area contributed by atoms with Gasteiger partial charge in [0, 0.05) is 6.54 Å². The minimum Gasteiger partial charge on any atom is -0.479 e. The Bertz CT molecular complexity index is 393. The Morgan fingerprint density at radius 2 is 1.90 bits per heavy atom. The molecule has 0 spiro atoms. The number of nitrogens with zero attached hydrogens (tertiary/aromatic N) is 2. The van der Waals surface area contributed by atoms with Crippen molar-refractivity contribution in [2.24, 2.45) is 0 Å². The summed E-state index contributed by atoms with van der Waals surface area (Å²) in [5.41, 5.74) is 1.23. The second-order valence-corrected chi connectivity index (χ2v) is 4.65. The molecule has 0 fully saturated rings. The van der Waals surface area contributed by atoms with Gasteiger partial charge >= 0.3 is 0 Å². The molecule has 0 unspecified atom stereocenters. The molecule has 0 atom stereocenters. The van der Waals surface area contributed by atoms with E-state index in [0.29, 0.717) is 0 Å². The molecule has 0 bridgehead atoms. The summed E-state index contributed by atoms with van der Waals surface area (Å²) in [6.45, 7) is 9.81. The van der Waals surface area contributed by atoms with Crippen molar-refractivity contribution >= 4 is 0 Å². The second-order valence-electron chi connectivity index (χ2n) is 4.65. The van der Waals surface area contributed by atoms with E-state index in [9.17, 15) is 0 Å². The van der Waals surface area contributed by atoms with Crippen molar-refractivity contribution in [3.05, 3.63) is 29.8 Å². The lowest BCUT2D eigenvalue weighted by Crippen LogP contribution is -2.27. The van der Waals surface area contributed by atoms with Gasteiger partial charge in [0.1, 0.15) is 11.8 Å². The van der Waals surface area contributed by atoms with Crippen LogP contribution in [0.2, 0.25) is 0 Å². The number of hydrogen-bond acceptors (Lipinski definition) is 4. The van der Waals surface area contributed by atoms with Crippen molar-refractivity contribution in [1.29, 1.82) is 5.26 Å². The summed E-state index contributed by atoms with van der Waals surface area (Å²) in [6, 6.07) is 9.84. The van der Waals surface area contributed by atoms with Gasteiger partial charge in [-0.05, 0) is 50.3 Å². The first kappa shape index (κ1) is 16.5. The molecule has 0 saturated heterocycles. The molecule has 0 aliphatic heterocycles. The fourth-order valence-electron chi connectivity index (χ4n) is 2.02. The maximum atomic E-state index is 8.44. The van der Waals surface area contributed by atoms with E-state index >= 15 is 0 Å². The minimum atomic E-state index is 0.100. The van der Waals surface area contributed by atoms with E-state index in [2.05, 4.69) is 24.1 Å². The highest BCUT2D eigenvalue weighted by atomic mass is 16.5. The lowest BCUT2D eigenvalue weighted by atomic mass is 10.2. The van der Waals surface area contributed by atoms with Crippen molar-refractivity contribution in [1.82, 2.24) is 10.2 Å². The highest BCUT2D eigenvalue weighted by Gasteiger charge is 1.98.